The van der Waals surface area contributed by atoms with E-state index in [1.165, 1.54) is 0 Å². The summed E-state index contributed by atoms with van der Waals surface area (Å²) < 4.78 is 12.0. The quantitative estimate of drug-likeness (QED) is 0.790. The molecule has 1 aromatic heterocycles. The third-order valence-electron chi connectivity index (χ3n) is 3.24. The van der Waals surface area contributed by atoms with Crippen LogP contribution in [0.1, 0.15) is 31.7 Å². The molecule has 0 aliphatic heterocycles. The summed E-state index contributed by atoms with van der Waals surface area (Å²) in [6.45, 7) is 7.94. The Hall–Kier alpha value is -1.56. The van der Waals surface area contributed by atoms with Crippen LogP contribution in [-0.2, 0) is 20.8 Å². The van der Waals surface area contributed by atoms with Crippen LogP contribution >= 0.6 is 0 Å². The van der Waals surface area contributed by atoms with Gasteiger partial charge < -0.3 is 15.2 Å². The number of anilines is 1. The third-order valence-corrected chi connectivity index (χ3v) is 3.24. The number of rotatable bonds is 6. The van der Waals surface area contributed by atoms with Crippen molar-refractivity contribution in [3.05, 3.63) is 11.4 Å². The van der Waals surface area contributed by atoms with Crippen molar-refractivity contribution in [2.45, 2.75) is 46.3 Å². The lowest BCUT2D eigenvalue weighted by Gasteiger charge is -2.22. The summed E-state index contributed by atoms with van der Waals surface area (Å²) in [5, 5.41) is 4.19. The highest BCUT2D eigenvalue weighted by Crippen LogP contribution is 2.15. The molecule has 6 heteroatoms. The van der Waals surface area contributed by atoms with Gasteiger partial charge in [-0.15, -0.1) is 0 Å². The third kappa shape index (κ3) is 4.24. The summed E-state index contributed by atoms with van der Waals surface area (Å²) in [5.74, 6) is -0.322. The lowest BCUT2D eigenvalue weighted by Crippen LogP contribution is -2.26. The van der Waals surface area contributed by atoms with Crippen molar-refractivity contribution in [2.75, 3.05) is 19.5 Å². The zero-order valence-electron chi connectivity index (χ0n) is 12.3. The molecule has 1 heterocycles. The molecule has 0 amide bonds. The molecule has 0 atom stereocenters. The van der Waals surface area contributed by atoms with Gasteiger partial charge in [-0.2, -0.15) is 5.10 Å². The summed E-state index contributed by atoms with van der Waals surface area (Å²) in [7, 11) is 1.64. The number of carbonyl (C=O) groups is 1. The SMILES string of the molecule is COC(C)(C)CCOC(=O)Cn1nc(C)c(N)c1C. The summed E-state index contributed by atoms with van der Waals surface area (Å²) in [6.07, 6.45) is 0.647. The summed E-state index contributed by atoms with van der Waals surface area (Å²) in [6, 6.07) is 0. The molecular weight excluding hydrogens is 246 g/mol. The Labute approximate surface area is 113 Å². The van der Waals surface area contributed by atoms with Crippen LogP contribution in [0.5, 0.6) is 0 Å². The Morgan fingerprint density at radius 1 is 1.42 bits per heavy atom. The van der Waals surface area contributed by atoms with Crippen molar-refractivity contribution in [3.63, 3.8) is 0 Å². The Kier molecular flexibility index (Phi) is 4.94. The van der Waals surface area contributed by atoms with E-state index in [1.54, 1.807) is 11.8 Å². The average molecular weight is 269 g/mol. The summed E-state index contributed by atoms with van der Waals surface area (Å²) in [4.78, 5) is 11.7. The first-order chi connectivity index (χ1) is 8.76. The Bertz CT molecular complexity index is 452. The van der Waals surface area contributed by atoms with E-state index in [0.29, 0.717) is 18.7 Å². The van der Waals surface area contributed by atoms with Crippen molar-refractivity contribution >= 4 is 11.7 Å². The number of nitrogens with two attached hydrogens (primary N) is 1. The van der Waals surface area contributed by atoms with Crippen LogP contribution in [0.4, 0.5) is 5.69 Å². The molecule has 0 bridgehead atoms. The zero-order valence-corrected chi connectivity index (χ0v) is 12.3. The fraction of sp³-hybridized carbons (Fsp3) is 0.692. The van der Waals surface area contributed by atoms with Crippen molar-refractivity contribution in [3.8, 4) is 0 Å². The molecule has 0 aliphatic rings. The smallest absolute Gasteiger partial charge is 0.327 e. The number of methoxy groups -OCH3 is 1. The van der Waals surface area contributed by atoms with Gasteiger partial charge in [0.15, 0.2) is 0 Å². The molecular formula is C13H23N3O3. The lowest BCUT2D eigenvalue weighted by atomic mass is 10.1. The van der Waals surface area contributed by atoms with E-state index < -0.39 is 0 Å². The number of hydrogen-bond acceptors (Lipinski definition) is 5. The molecule has 0 aliphatic carbocycles. The summed E-state index contributed by atoms with van der Waals surface area (Å²) >= 11 is 0. The standard InChI is InChI=1S/C13H23N3O3/c1-9-12(14)10(2)16(15-9)8-11(17)19-7-6-13(3,4)18-5/h6-8,14H2,1-5H3. The molecule has 1 rings (SSSR count). The van der Waals surface area contributed by atoms with Crippen molar-refractivity contribution in [1.82, 2.24) is 9.78 Å². The number of carbonyl (C=O) groups excluding carboxylic acids is 1. The topological polar surface area (TPSA) is 79.4 Å². The molecule has 6 nitrogen and oxygen atoms in total. The number of nitrogen functional groups attached to an aromatic ring is 1. The number of aromatic nitrogens is 2. The molecule has 0 saturated heterocycles. The molecule has 0 radical (unpaired) electrons. The van der Waals surface area contributed by atoms with E-state index in [2.05, 4.69) is 5.10 Å². The van der Waals surface area contributed by atoms with Crippen LogP contribution in [0.2, 0.25) is 0 Å². The highest BCUT2D eigenvalue weighted by Gasteiger charge is 2.17. The second-order valence-corrected chi connectivity index (χ2v) is 5.18. The van der Waals surface area contributed by atoms with E-state index in [4.69, 9.17) is 15.2 Å². The van der Waals surface area contributed by atoms with Gasteiger partial charge in [-0.25, -0.2) is 0 Å². The van der Waals surface area contributed by atoms with Crippen molar-refractivity contribution < 1.29 is 14.3 Å². The zero-order chi connectivity index (χ0) is 14.6. The molecule has 0 fully saturated rings. The van der Waals surface area contributed by atoms with Crippen LogP contribution < -0.4 is 5.73 Å². The molecule has 19 heavy (non-hydrogen) atoms. The number of ether oxygens (including phenoxy) is 2. The van der Waals surface area contributed by atoms with E-state index in [0.717, 1.165) is 11.4 Å². The second kappa shape index (κ2) is 6.06. The van der Waals surface area contributed by atoms with Crippen molar-refractivity contribution in [2.24, 2.45) is 0 Å². The highest BCUT2D eigenvalue weighted by atomic mass is 16.5. The molecule has 2 N–H and O–H groups in total. The molecule has 108 valence electrons. The first-order valence-corrected chi connectivity index (χ1v) is 6.27. The van der Waals surface area contributed by atoms with Gasteiger partial charge in [0.2, 0.25) is 0 Å². The fourth-order valence-corrected chi connectivity index (χ4v) is 1.55. The van der Waals surface area contributed by atoms with Crippen LogP contribution in [0.15, 0.2) is 0 Å². The normalized spacial score (nSPS) is 11.6. The van der Waals surface area contributed by atoms with E-state index in [1.807, 2.05) is 27.7 Å². The van der Waals surface area contributed by atoms with Crippen LogP contribution in [0.3, 0.4) is 0 Å². The number of esters is 1. The number of nitrogens with zero attached hydrogens (tertiary/aromatic N) is 2. The molecule has 0 saturated carbocycles. The minimum atomic E-state index is -0.322. The molecule has 1 aromatic rings. The Morgan fingerprint density at radius 2 is 2.05 bits per heavy atom. The van der Waals surface area contributed by atoms with Crippen LogP contribution in [-0.4, -0.2) is 35.1 Å². The number of aryl methyl sites for hydroxylation is 1. The second-order valence-electron chi connectivity index (χ2n) is 5.18. The van der Waals surface area contributed by atoms with Gasteiger partial charge in [-0.3, -0.25) is 9.48 Å². The monoisotopic (exact) mass is 269 g/mol. The maximum atomic E-state index is 11.7. The van der Waals surface area contributed by atoms with Gasteiger partial charge in [0.25, 0.3) is 0 Å². The van der Waals surface area contributed by atoms with Gasteiger partial charge >= 0.3 is 5.97 Å². The largest absolute Gasteiger partial charge is 0.464 e. The highest BCUT2D eigenvalue weighted by molar-refractivity contribution is 5.69. The molecule has 0 aromatic carbocycles. The van der Waals surface area contributed by atoms with Crippen molar-refractivity contribution in [1.29, 1.82) is 0 Å². The van der Waals surface area contributed by atoms with Gasteiger partial charge in [-0.1, -0.05) is 0 Å². The average Bonchev–Trinajstić information content (AvgIpc) is 2.57. The number of hydrogen-bond donors (Lipinski definition) is 1. The van der Waals surface area contributed by atoms with E-state index in [-0.39, 0.29) is 18.1 Å². The van der Waals surface area contributed by atoms with Crippen LogP contribution in [0, 0.1) is 13.8 Å². The molecule has 0 unspecified atom stereocenters. The Balaban J connectivity index is 2.46. The first kappa shape index (κ1) is 15.5. The summed E-state index contributed by atoms with van der Waals surface area (Å²) in [5.41, 5.74) is 7.64. The van der Waals surface area contributed by atoms with Gasteiger partial charge in [0, 0.05) is 13.5 Å². The van der Waals surface area contributed by atoms with Gasteiger partial charge in [0.1, 0.15) is 6.54 Å². The predicted molar refractivity (Wildman–Crippen MR) is 72.8 cm³/mol. The maximum absolute atomic E-state index is 11.7. The van der Waals surface area contributed by atoms with Crippen LogP contribution in [0.25, 0.3) is 0 Å². The van der Waals surface area contributed by atoms with Gasteiger partial charge in [-0.05, 0) is 27.7 Å². The van der Waals surface area contributed by atoms with E-state index in [9.17, 15) is 4.79 Å². The fourth-order valence-electron chi connectivity index (χ4n) is 1.55. The lowest BCUT2D eigenvalue weighted by molar-refractivity contribution is -0.146. The molecule has 0 spiro atoms. The minimum Gasteiger partial charge on any atom is -0.464 e. The minimum absolute atomic E-state index is 0.0806. The predicted octanol–water partition coefficient (Wildman–Crippen LogP) is 1.44. The first-order valence-electron chi connectivity index (χ1n) is 6.27. The maximum Gasteiger partial charge on any atom is 0.327 e. The Morgan fingerprint density at radius 3 is 2.53 bits per heavy atom. The van der Waals surface area contributed by atoms with E-state index >= 15 is 0 Å². The van der Waals surface area contributed by atoms with Gasteiger partial charge in [0.05, 0.1) is 29.3 Å².